The second kappa shape index (κ2) is 8.18. The summed E-state index contributed by atoms with van der Waals surface area (Å²) < 4.78 is 11.8. The number of aldehydes is 1. The van der Waals surface area contributed by atoms with Crippen LogP contribution in [0.25, 0.3) is 0 Å². The van der Waals surface area contributed by atoms with E-state index in [2.05, 4.69) is 0 Å². The van der Waals surface area contributed by atoms with Crippen LogP contribution in [-0.2, 0) is 14.3 Å². The van der Waals surface area contributed by atoms with Gasteiger partial charge in [-0.25, -0.2) is 0 Å². The van der Waals surface area contributed by atoms with Gasteiger partial charge in [0.05, 0.1) is 6.61 Å². The molecule has 0 spiro atoms. The Morgan fingerprint density at radius 1 is 1.42 bits per heavy atom. The van der Waals surface area contributed by atoms with Gasteiger partial charge in [0.15, 0.2) is 12.4 Å². The van der Waals surface area contributed by atoms with Crippen molar-refractivity contribution in [1.29, 1.82) is 0 Å². The van der Waals surface area contributed by atoms with Gasteiger partial charge in [-0.05, 0) is 5.92 Å². The summed E-state index contributed by atoms with van der Waals surface area (Å²) in [5, 5.41) is 37.1. The number of hydrogen-bond donors (Lipinski definition) is 5. The number of ether oxygens (including phenoxy) is 1. The van der Waals surface area contributed by atoms with Gasteiger partial charge in [-0.15, -0.1) is 0 Å². The monoisotopic (exact) mass is 280 g/mol. The van der Waals surface area contributed by atoms with Crippen LogP contribution in [0.1, 0.15) is 13.8 Å². The van der Waals surface area contributed by atoms with Crippen molar-refractivity contribution >= 4 is 12.3 Å². The van der Waals surface area contributed by atoms with Gasteiger partial charge in [-0.1, -0.05) is 13.8 Å². The molecule has 0 heterocycles. The molecule has 8 heteroatoms. The van der Waals surface area contributed by atoms with E-state index in [9.17, 15) is 24.9 Å². The molecule has 0 saturated carbocycles. The summed E-state index contributed by atoms with van der Waals surface area (Å²) in [5.41, 5.74) is 1.96. The van der Waals surface area contributed by atoms with Crippen LogP contribution < -0.4 is 5.73 Å². The molecule has 0 aliphatic carbocycles. The Bertz CT molecular complexity index is 315. The van der Waals surface area contributed by atoms with Crippen LogP contribution in [0.3, 0.4) is 0 Å². The Morgan fingerprint density at radius 3 is 2.37 bits per heavy atom. The molecule has 0 saturated heterocycles. The van der Waals surface area contributed by atoms with E-state index in [4.69, 9.17) is 11.3 Å². The zero-order valence-electron chi connectivity index (χ0n) is 11.8. The lowest BCUT2D eigenvalue weighted by molar-refractivity contribution is -0.176. The van der Waals surface area contributed by atoms with Crippen LogP contribution in [-0.4, -0.2) is 69.7 Å². The second-order valence-electron chi connectivity index (χ2n) is 4.49. The van der Waals surface area contributed by atoms with Gasteiger partial charge in [0, 0.05) is 0 Å². The molecule has 0 rings (SSSR count). The summed E-state index contributed by atoms with van der Waals surface area (Å²) in [5.74, 6) is -1.28. The zero-order chi connectivity index (χ0) is 15.9. The lowest BCUT2D eigenvalue weighted by Crippen LogP contribution is -2.51. The van der Waals surface area contributed by atoms with Crippen LogP contribution in [0.2, 0.25) is 1.41 Å². The molecule has 0 bridgehead atoms. The average molecular weight is 280 g/mol. The molecule has 8 nitrogen and oxygen atoms in total. The number of carbonyl (C=O) groups excluding carboxylic acids is 2. The SMILES string of the molecule is [2H]N[C@H](C(=O)O[C@@H]([C@H](O)[C@H](O)CO)[C@@H](O)C=O)C(C)C. The molecule has 0 aromatic rings. The summed E-state index contributed by atoms with van der Waals surface area (Å²) in [7, 11) is 0. The van der Waals surface area contributed by atoms with Crippen molar-refractivity contribution in [3.63, 3.8) is 0 Å². The Balaban J connectivity index is 4.98. The van der Waals surface area contributed by atoms with E-state index in [0.29, 0.717) is 0 Å². The second-order valence-corrected chi connectivity index (χ2v) is 4.49. The van der Waals surface area contributed by atoms with E-state index in [1.807, 2.05) is 5.73 Å². The molecule has 6 N–H and O–H groups in total. The minimum absolute atomic E-state index is 0.0315. The van der Waals surface area contributed by atoms with Gasteiger partial charge in [0.2, 0.25) is 0 Å². The van der Waals surface area contributed by atoms with E-state index in [-0.39, 0.29) is 12.2 Å². The molecule has 0 fully saturated rings. The summed E-state index contributed by atoms with van der Waals surface area (Å²) >= 11 is 0. The van der Waals surface area contributed by atoms with Crippen molar-refractivity contribution in [2.24, 2.45) is 11.6 Å². The normalized spacial score (nSPS) is 20.1. The van der Waals surface area contributed by atoms with Crippen LogP contribution in [0.5, 0.6) is 0 Å². The molecule has 0 unspecified atom stereocenters. The number of nitrogens with two attached hydrogens (primary N) is 1. The van der Waals surface area contributed by atoms with Gasteiger partial charge in [0.1, 0.15) is 25.8 Å². The minimum atomic E-state index is -1.87. The summed E-state index contributed by atoms with van der Waals surface area (Å²) in [6, 6.07) is -1.03. The molecule has 112 valence electrons. The molecular formula is C11H21NO7. The van der Waals surface area contributed by atoms with E-state index in [1.54, 1.807) is 13.8 Å². The third-order valence-electron chi connectivity index (χ3n) is 2.57. The Morgan fingerprint density at radius 2 is 2.00 bits per heavy atom. The smallest absolute Gasteiger partial charge is 0.323 e. The third kappa shape index (κ3) is 5.21. The first-order valence-corrected chi connectivity index (χ1v) is 5.78. The van der Waals surface area contributed by atoms with Crippen molar-refractivity contribution in [2.75, 3.05) is 6.61 Å². The van der Waals surface area contributed by atoms with Gasteiger partial charge >= 0.3 is 5.97 Å². The molecule has 19 heavy (non-hydrogen) atoms. The maximum atomic E-state index is 11.8. The highest BCUT2D eigenvalue weighted by atomic mass is 16.6. The Kier molecular flexibility index (Phi) is 6.89. The van der Waals surface area contributed by atoms with Crippen molar-refractivity contribution in [1.82, 2.24) is 0 Å². The molecule has 0 amide bonds. The van der Waals surface area contributed by atoms with E-state index in [0.717, 1.165) is 0 Å². The molecule has 0 aliphatic rings. The Labute approximate surface area is 112 Å². The fourth-order valence-electron chi connectivity index (χ4n) is 1.23. The number of aliphatic hydroxyl groups is 4. The Hall–Kier alpha value is -1.06. The first kappa shape index (κ1) is 16.0. The lowest BCUT2D eigenvalue weighted by Gasteiger charge is -2.28. The molecule has 5 atom stereocenters. The summed E-state index contributed by atoms with van der Waals surface area (Å²) in [6.07, 6.45) is -7.11. The molecule has 0 aromatic heterocycles. The predicted octanol–water partition coefficient (Wildman–Crippen LogP) is -2.84. The maximum absolute atomic E-state index is 11.8. The molecule has 0 radical (unpaired) electrons. The largest absolute Gasteiger partial charge is 0.455 e. The van der Waals surface area contributed by atoms with Crippen molar-refractivity contribution in [3.8, 4) is 0 Å². The average Bonchev–Trinajstić information content (AvgIpc) is 2.42. The summed E-state index contributed by atoms with van der Waals surface area (Å²) in [4.78, 5) is 22.3. The highest BCUT2D eigenvalue weighted by Gasteiger charge is 2.36. The van der Waals surface area contributed by atoms with Crippen LogP contribution in [0, 0.1) is 5.92 Å². The first-order chi connectivity index (χ1) is 9.29. The van der Waals surface area contributed by atoms with Crippen molar-refractivity contribution < 1.29 is 36.2 Å². The number of rotatable bonds is 9. The van der Waals surface area contributed by atoms with Crippen LogP contribution in [0.15, 0.2) is 0 Å². The highest BCUT2D eigenvalue weighted by Crippen LogP contribution is 2.11. The fraction of sp³-hybridized carbons (Fsp3) is 0.818. The zero-order valence-corrected chi connectivity index (χ0v) is 10.8. The first-order valence-electron chi connectivity index (χ1n) is 6.28. The van der Waals surface area contributed by atoms with E-state index < -0.39 is 43.0 Å². The van der Waals surface area contributed by atoms with Gasteiger partial charge in [0.25, 0.3) is 0 Å². The predicted molar refractivity (Wildman–Crippen MR) is 63.9 cm³/mol. The number of hydrogen-bond acceptors (Lipinski definition) is 8. The van der Waals surface area contributed by atoms with Crippen LogP contribution in [0.4, 0.5) is 0 Å². The van der Waals surface area contributed by atoms with E-state index >= 15 is 0 Å². The highest BCUT2D eigenvalue weighted by molar-refractivity contribution is 5.76. The summed E-state index contributed by atoms with van der Waals surface area (Å²) in [6.45, 7) is 2.43. The number of carbonyl (C=O) groups is 2. The van der Waals surface area contributed by atoms with Gasteiger partial charge < -0.3 is 35.7 Å². The quantitative estimate of drug-likeness (QED) is 0.224. The third-order valence-corrected chi connectivity index (χ3v) is 2.57. The fourth-order valence-corrected chi connectivity index (χ4v) is 1.23. The maximum Gasteiger partial charge on any atom is 0.323 e. The molecule has 0 aromatic carbocycles. The topological polar surface area (TPSA) is 150 Å². The van der Waals surface area contributed by atoms with E-state index in [1.165, 1.54) is 0 Å². The minimum Gasteiger partial charge on any atom is -0.455 e. The standard InChI is InChI=1S/C11H21NO7/c1-5(2)8(12)11(18)19-10(7(16)4-14)9(17)6(15)3-13/h4-10,13,15-17H,3,12H2,1-2H3/t6-,7+,8+,9-,10-/m1/s1/i/hD. The molecule has 0 aliphatic heterocycles. The lowest BCUT2D eigenvalue weighted by atomic mass is 10.0. The van der Waals surface area contributed by atoms with Crippen LogP contribution >= 0.6 is 0 Å². The van der Waals surface area contributed by atoms with Crippen molar-refractivity contribution in [2.45, 2.75) is 44.3 Å². The molecular weight excluding hydrogens is 258 g/mol. The number of aliphatic hydroxyl groups excluding tert-OH is 4. The van der Waals surface area contributed by atoms with Gasteiger partial charge in [-0.2, -0.15) is 0 Å². The van der Waals surface area contributed by atoms with Crippen molar-refractivity contribution in [3.05, 3.63) is 0 Å². The van der Waals surface area contributed by atoms with Gasteiger partial charge in [-0.3, -0.25) is 4.79 Å². The number of esters is 1.